The first kappa shape index (κ1) is 20.4. The lowest BCUT2D eigenvalue weighted by atomic mass is 10.1. The largest absolute Gasteiger partial charge is 0.505 e. The van der Waals surface area contributed by atoms with Crippen molar-refractivity contribution in [3.63, 3.8) is 0 Å². The summed E-state index contributed by atoms with van der Waals surface area (Å²) in [6.45, 7) is 0. The van der Waals surface area contributed by atoms with Crippen LogP contribution in [0.5, 0.6) is 5.75 Å². The summed E-state index contributed by atoms with van der Waals surface area (Å²) < 4.78 is 27.2. The maximum absolute atomic E-state index is 13.6. The molecule has 5 N–H and O–H groups in total. The van der Waals surface area contributed by atoms with Crippen molar-refractivity contribution in [1.82, 2.24) is 4.68 Å². The van der Waals surface area contributed by atoms with Crippen LogP contribution in [0.1, 0.15) is 44.1 Å². The highest BCUT2D eigenvalue weighted by atomic mass is 32.3. The first-order valence-corrected chi connectivity index (χ1v) is 12.7. The molecule has 1 aliphatic carbocycles. The van der Waals surface area contributed by atoms with Crippen LogP contribution in [0, 0.1) is 0 Å². The van der Waals surface area contributed by atoms with E-state index in [0.717, 1.165) is 25.7 Å². The monoisotopic (exact) mass is 460 g/mol. The van der Waals surface area contributed by atoms with Crippen LogP contribution in [0.15, 0.2) is 49.8 Å². The minimum atomic E-state index is -3.51. The quantitative estimate of drug-likeness (QED) is 0.354. The van der Waals surface area contributed by atoms with Crippen molar-refractivity contribution < 1.29 is 14.2 Å². The van der Waals surface area contributed by atoms with Crippen molar-refractivity contribution in [3.05, 3.63) is 51.6 Å². The summed E-state index contributed by atoms with van der Waals surface area (Å²) >= 11 is 1.32. The molecule has 3 heterocycles. The van der Waals surface area contributed by atoms with E-state index < -0.39 is 16.3 Å². The molecule has 0 unspecified atom stereocenters. The Hall–Kier alpha value is -2.53. The molecule has 1 aliphatic heterocycles. The number of anilines is 1. The Morgan fingerprint density at radius 1 is 1.13 bits per heavy atom. The fraction of sp³-hybridized carbons (Fsp3) is 0.333. The average Bonchev–Trinajstić information content (AvgIpc) is 3.09. The van der Waals surface area contributed by atoms with Gasteiger partial charge in [0.05, 0.1) is 15.9 Å². The molecule has 0 spiro atoms. The van der Waals surface area contributed by atoms with Gasteiger partial charge in [0.25, 0.3) is 5.56 Å². The molecular formula is C21H24N4O4S2. The van der Waals surface area contributed by atoms with Crippen molar-refractivity contribution in [1.29, 1.82) is 0 Å². The van der Waals surface area contributed by atoms with Crippen LogP contribution in [0.2, 0.25) is 0 Å². The summed E-state index contributed by atoms with van der Waals surface area (Å²) in [7, 11) is -3.51. The fourth-order valence-electron chi connectivity index (χ4n) is 4.27. The number of pyridine rings is 1. The molecule has 3 aromatic rings. The summed E-state index contributed by atoms with van der Waals surface area (Å²) in [4.78, 5) is 13.8. The SMILES string of the molecule is O=c1c(C2=NS(O)(O)c3ccccc3N2)c(O)c2sccc2n1NC1CCCCCC1. The van der Waals surface area contributed by atoms with Gasteiger partial charge in [-0.2, -0.15) is 0 Å². The lowest BCUT2D eigenvalue weighted by molar-refractivity contribution is 0.478. The van der Waals surface area contributed by atoms with Gasteiger partial charge in [-0.1, -0.05) is 48.6 Å². The molecule has 0 saturated heterocycles. The van der Waals surface area contributed by atoms with Gasteiger partial charge in [0.2, 0.25) is 0 Å². The van der Waals surface area contributed by atoms with E-state index in [1.165, 1.54) is 28.9 Å². The zero-order valence-corrected chi connectivity index (χ0v) is 18.4. The number of nitrogens with zero attached hydrogens (tertiary/aromatic N) is 2. The van der Waals surface area contributed by atoms with Crippen LogP contribution < -0.4 is 16.3 Å². The lowest BCUT2D eigenvalue weighted by Gasteiger charge is -2.34. The topological polar surface area (TPSA) is 119 Å². The first-order valence-electron chi connectivity index (χ1n) is 10.3. The molecule has 0 atom stereocenters. The van der Waals surface area contributed by atoms with Crippen molar-refractivity contribution in [2.45, 2.75) is 49.5 Å². The van der Waals surface area contributed by atoms with Crippen LogP contribution in [0.3, 0.4) is 0 Å². The van der Waals surface area contributed by atoms with Gasteiger partial charge in [0, 0.05) is 6.04 Å². The molecule has 164 valence electrons. The molecule has 10 heteroatoms. The zero-order valence-electron chi connectivity index (χ0n) is 16.7. The number of fused-ring (bicyclic) bond motifs is 2. The summed E-state index contributed by atoms with van der Waals surface area (Å²) in [5.74, 6) is -0.261. The standard InChI is InChI=1S/C21H24N4O4S2/c26-18-17(20-22-14-9-5-6-10-16(14)31(28,29)24-20)21(27)25(15-11-12-30-19(15)18)23-13-7-3-1-2-4-8-13/h5-6,9-13,23,26,28-29H,1-4,7-8H2,(H,22,24). The maximum Gasteiger partial charge on any atom is 0.284 e. The first-order chi connectivity index (χ1) is 15.0. The number of thiophene rings is 1. The number of aromatic hydroxyl groups is 1. The minimum absolute atomic E-state index is 0.0482. The molecule has 0 bridgehead atoms. The van der Waals surface area contributed by atoms with Crippen LogP contribution >= 0.6 is 22.1 Å². The van der Waals surface area contributed by atoms with E-state index in [1.807, 2.05) is 5.38 Å². The van der Waals surface area contributed by atoms with Gasteiger partial charge in [-0.3, -0.25) is 13.9 Å². The number of hydrogen-bond acceptors (Lipinski definition) is 8. The van der Waals surface area contributed by atoms with E-state index >= 15 is 0 Å². The number of amidine groups is 1. The van der Waals surface area contributed by atoms with E-state index in [1.54, 1.807) is 30.3 Å². The molecular weight excluding hydrogens is 436 g/mol. The summed E-state index contributed by atoms with van der Waals surface area (Å²) in [5, 5.41) is 15.8. The Morgan fingerprint density at radius 2 is 1.87 bits per heavy atom. The van der Waals surface area contributed by atoms with E-state index in [2.05, 4.69) is 15.1 Å². The van der Waals surface area contributed by atoms with Gasteiger partial charge >= 0.3 is 0 Å². The third-order valence-electron chi connectivity index (χ3n) is 5.81. The molecule has 5 rings (SSSR count). The summed E-state index contributed by atoms with van der Waals surface area (Å²) in [6.07, 6.45) is 6.55. The highest BCUT2D eigenvalue weighted by molar-refractivity contribution is 8.23. The Labute approximate surface area is 184 Å². The Kier molecular flexibility index (Phi) is 5.17. The highest BCUT2D eigenvalue weighted by Gasteiger charge is 2.30. The van der Waals surface area contributed by atoms with Crippen LogP contribution in [-0.4, -0.2) is 30.8 Å². The van der Waals surface area contributed by atoms with Crippen molar-refractivity contribution in [2.75, 3.05) is 10.7 Å². The molecule has 31 heavy (non-hydrogen) atoms. The van der Waals surface area contributed by atoms with Crippen LogP contribution in [0.25, 0.3) is 10.2 Å². The molecule has 2 aliphatic rings. The number of benzene rings is 1. The molecule has 2 aromatic heterocycles. The van der Waals surface area contributed by atoms with Gasteiger partial charge < -0.3 is 15.8 Å². The molecule has 0 amide bonds. The van der Waals surface area contributed by atoms with Gasteiger partial charge in [0.1, 0.15) is 10.5 Å². The third kappa shape index (κ3) is 3.59. The van der Waals surface area contributed by atoms with E-state index in [-0.39, 0.29) is 28.1 Å². The van der Waals surface area contributed by atoms with Crippen molar-refractivity contribution in [3.8, 4) is 5.75 Å². The molecule has 1 aromatic carbocycles. The van der Waals surface area contributed by atoms with Crippen LogP contribution in [-0.2, 0) is 0 Å². The second-order valence-electron chi connectivity index (χ2n) is 7.90. The molecule has 0 radical (unpaired) electrons. The van der Waals surface area contributed by atoms with E-state index in [4.69, 9.17) is 0 Å². The maximum atomic E-state index is 13.6. The molecule has 1 saturated carbocycles. The number of rotatable bonds is 3. The predicted octanol–water partition coefficient (Wildman–Crippen LogP) is 4.93. The fourth-order valence-corrected chi connectivity index (χ4v) is 6.26. The lowest BCUT2D eigenvalue weighted by Crippen LogP contribution is -2.39. The minimum Gasteiger partial charge on any atom is -0.505 e. The zero-order chi connectivity index (χ0) is 21.6. The Balaban J connectivity index is 1.65. The summed E-state index contributed by atoms with van der Waals surface area (Å²) in [6, 6.07) is 8.65. The number of hydrogen-bond donors (Lipinski definition) is 5. The summed E-state index contributed by atoms with van der Waals surface area (Å²) in [5.41, 5.74) is 3.85. The smallest absolute Gasteiger partial charge is 0.284 e. The number of para-hydroxylation sites is 1. The highest BCUT2D eigenvalue weighted by Crippen LogP contribution is 2.55. The van der Waals surface area contributed by atoms with Crippen molar-refractivity contribution >= 4 is 43.9 Å². The van der Waals surface area contributed by atoms with Gasteiger partial charge in [-0.05, 0) is 36.4 Å². The number of nitrogens with one attached hydrogen (secondary N) is 2. The third-order valence-corrected chi connectivity index (χ3v) is 8.11. The van der Waals surface area contributed by atoms with Gasteiger partial charge in [-0.25, -0.2) is 4.68 Å². The second-order valence-corrected chi connectivity index (χ2v) is 10.5. The van der Waals surface area contributed by atoms with Gasteiger partial charge in [-0.15, -0.1) is 15.7 Å². The molecule has 1 fully saturated rings. The Morgan fingerprint density at radius 3 is 2.65 bits per heavy atom. The average molecular weight is 461 g/mol. The number of aromatic nitrogens is 1. The van der Waals surface area contributed by atoms with Crippen molar-refractivity contribution in [2.24, 2.45) is 4.40 Å². The predicted molar refractivity (Wildman–Crippen MR) is 126 cm³/mol. The molecule has 8 nitrogen and oxygen atoms in total. The normalized spacial score (nSPS) is 19.7. The van der Waals surface area contributed by atoms with Gasteiger partial charge in [0.15, 0.2) is 11.6 Å². The van der Waals surface area contributed by atoms with Crippen LogP contribution in [0.4, 0.5) is 5.69 Å². The Bertz CT molecular complexity index is 1230. The second kappa shape index (κ2) is 7.86. The van der Waals surface area contributed by atoms with E-state index in [0.29, 0.717) is 15.9 Å². The van der Waals surface area contributed by atoms with E-state index in [9.17, 15) is 19.0 Å².